The van der Waals surface area contributed by atoms with Gasteiger partial charge >= 0.3 is 0 Å². The Labute approximate surface area is 98.3 Å². The lowest BCUT2D eigenvalue weighted by atomic mass is 10.2. The number of aliphatic hydroxyl groups excluding tert-OH is 1. The monoisotopic (exact) mass is 249 g/mol. The normalized spacial score (nSPS) is 14.1. The summed E-state index contributed by atoms with van der Waals surface area (Å²) < 4.78 is 25.6. The second kappa shape index (κ2) is 5.70. The number of hydrogen-bond acceptors (Lipinski definition) is 3. The van der Waals surface area contributed by atoms with Gasteiger partial charge < -0.3 is 10.4 Å². The molecule has 0 aliphatic carbocycles. The Morgan fingerprint density at radius 3 is 2.69 bits per heavy atom. The SMILES string of the molecule is CCc1ccc(C(C)NCC(F)(F)CO)s1. The highest BCUT2D eigenvalue weighted by Crippen LogP contribution is 2.24. The van der Waals surface area contributed by atoms with Crippen LogP contribution in [0.4, 0.5) is 8.78 Å². The molecule has 0 amide bonds. The molecule has 0 aliphatic heterocycles. The van der Waals surface area contributed by atoms with Crippen LogP contribution in [0, 0.1) is 0 Å². The van der Waals surface area contributed by atoms with Crippen LogP contribution in [0.15, 0.2) is 12.1 Å². The van der Waals surface area contributed by atoms with E-state index in [1.165, 1.54) is 4.88 Å². The molecule has 0 saturated heterocycles. The van der Waals surface area contributed by atoms with Crippen molar-refractivity contribution in [3.05, 3.63) is 21.9 Å². The largest absolute Gasteiger partial charge is 0.390 e. The number of alkyl halides is 2. The Hall–Kier alpha value is -0.520. The van der Waals surface area contributed by atoms with Crippen LogP contribution in [0.3, 0.4) is 0 Å². The van der Waals surface area contributed by atoms with Crippen molar-refractivity contribution in [3.8, 4) is 0 Å². The van der Waals surface area contributed by atoms with Gasteiger partial charge in [0.2, 0.25) is 0 Å². The van der Waals surface area contributed by atoms with Crippen LogP contribution < -0.4 is 5.32 Å². The molecule has 1 rings (SSSR count). The summed E-state index contributed by atoms with van der Waals surface area (Å²) in [6, 6.07) is 3.86. The molecule has 0 fully saturated rings. The zero-order chi connectivity index (χ0) is 12.2. The lowest BCUT2D eigenvalue weighted by Crippen LogP contribution is -2.36. The number of aliphatic hydroxyl groups is 1. The van der Waals surface area contributed by atoms with E-state index < -0.39 is 19.1 Å². The van der Waals surface area contributed by atoms with E-state index in [0.717, 1.165) is 11.3 Å². The first-order chi connectivity index (χ1) is 7.48. The summed E-state index contributed by atoms with van der Waals surface area (Å²) in [6.45, 7) is 2.30. The molecule has 0 radical (unpaired) electrons. The Morgan fingerprint density at radius 2 is 2.19 bits per heavy atom. The number of halogens is 2. The molecule has 0 spiro atoms. The predicted octanol–water partition coefficient (Wildman–Crippen LogP) is 2.59. The molecule has 1 heterocycles. The highest BCUT2D eigenvalue weighted by atomic mass is 32.1. The summed E-state index contributed by atoms with van der Waals surface area (Å²) in [5.74, 6) is -3.04. The number of nitrogens with one attached hydrogen (secondary N) is 1. The Bertz CT molecular complexity index is 328. The van der Waals surface area contributed by atoms with Crippen molar-refractivity contribution in [1.29, 1.82) is 0 Å². The second-order valence-corrected chi connectivity index (χ2v) is 4.97. The van der Waals surface area contributed by atoms with E-state index in [-0.39, 0.29) is 6.04 Å². The molecule has 1 unspecified atom stereocenters. The van der Waals surface area contributed by atoms with Gasteiger partial charge in [-0.15, -0.1) is 11.3 Å². The molecule has 0 aliphatic rings. The van der Waals surface area contributed by atoms with Crippen molar-refractivity contribution in [1.82, 2.24) is 5.32 Å². The zero-order valence-corrected chi connectivity index (χ0v) is 10.3. The fraction of sp³-hybridized carbons (Fsp3) is 0.636. The summed E-state index contributed by atoms with van der Waals surface area (Å²) in [5, 5.41) is 11.2. The molecule has 1 atom stereocenters. The Balaban J connectivity index is 2.49. The van der Waals surface area contributed by atoms with Crippen LogP contribution in [0.2, 0.25) is 0 Å². The van der Waals surface area contributed by atoms with E-state index in [0.29, 0.717) is 0 Å². The van der Waals surface area contributed by atoms with Crippen LogP contribution in [-0.4, -0.2) is 24.2 Å². The van der Waals surface area contributed by atoms with E-state index in [2.05, 4.69) is 12.2 Å². The first kappa shape index (κ1) is 13.5. The molecule has 2 nitrogen and oxygen atoms in total. The van der Waals surface area contributed by atoms with E-state index in [1.54, 1.807) is 11.3 Å². The van der Waals surface area contributed by atoms with Gasteiger partial charge in [-0.3, -0.25) is 0 Å². The van der Waals surface area contributed by atoms with E-state index >= 15 is 0 Å². The average molecular weight is 249 g/mol. The third kappa shape index (κ3) is 3.81. The number of rotatable bonds is 6. The second-order valence-electron chi connectivity index (χ2n) is 3.77. The van der Waals surface area contributed by atoms with E-state index in [1.807, 2.05) is 19.1 Å². The summed E-state index contributed by atoms with van der Waals surface area (Å²) in [7, 11) is 0. The van der Waals surface area contributed by atoms with Gasteiger partial charge in [0, 0.05) is 15.8 Å². The van der Waals surface area contributed by atoms with Crippen LogP contribution in [0.1, 0.15) is 29.6 Å². The van der Waals surface area contributed by atoms with Gasteiger partial charge in [0.25, 0.3) is 5.92 Å². The van der Waals surface area contributed by atoms with Crippen molar-refractivity contribution in [3.63, 3.8) is 0 Å². The molecule has 16 heavy (non-hydrogen) atoms. The fourth-order valence-corrected chi connectivity index (χ4v) is 2.26. The average Bonchev–Trinajstić information content (AvgIpc) is 2.74. The van der Waals surface area contributed by atoms with Gasteiger partial charge in [0.1, 0.15) is 6.61 Å². The van der Waals surface area contributed by atoms with Gasteiger partial charge in [-0.1, -0.05) is 6.92 Å². The minimum atomic E-state index is -3.04. The summed E-state index contributed by atoms with van der Waals surface area (Å²) in [4.78, 5) is 2.29. The molecule has 1 aromatic rings. The van der Waals surface area contributed by atoms with E-state index in [4.69, 9.17) is 5.11 Å². The molecule has 5 heteroatoms. The van der Waals surface area contributed by atoms with Crippen molar-refractivity contribution in [2.24, 2.45) is 0 Å². The van der Waals surface area contributed by atoms with Gasteiger partial charge in [-0.25, -0.2) is 8.78 Å². The highest BCUT2D eigenvalue weighted by Gasteiger charge is 2.28. The van der Waals surface area contributed by atoms with Crippen LogP contribution in [0.25, 0.3) is 0 Å². The number of aryl methyl sites for hydroxylation is 1. The molecule has 0 saturated carbocycles. The Kier molecular flexibility index (Phi) is 4.83. The van der Waals surface area contributed by atoms with Crippen LogP contribution in [-0.2, 0) is 6.42 Å². The summed E-state index contributed by atoms with van der Waals surface area (Å²) in [5.41, 5.74) is 0. The molecular formula is C11H17F2NOS. The summed E-state index contributed by atoms with van der Waals surface area (Å²) >= 11 is 1.63. The number of thiophene rings is 1. The minimum absolute atomic E-state index is 0.109. The summed E-state index contributed by atoms with van der Waals surface area (Å²) in [6.07, 6.45) is 0.962. The first-order valence-electron chi connectivity index (χ1n) is 5.29. The first-order valence-corrected chi connectivity index (χ1v) is 6.11. The molecule has 0 aromatic carbocycles. The lowest BCUT2D eigenvalue weighted by Gasteiger charge is -2.17. The molecule has 1 aromatic heterocycles. The molecule has 0 bridgehead atoms. The third-order valence-corrected chi connectivity index (χ3v) is 3.77. The predicted molar refractivity (Wildman–Crippen MR) is 62.1 cm³/mol. The van der Waals surface area contributed by atoms with Gasteiger partial charge in [-0.2, -0.15) is 0 Å². The van der Waals surface area contributed by atoms with Gasteiger partial charge in [-0.05, 0) is 25.5 Å². The fourth-order valence-electron chi connectivity index (χ4n) is 1.28. The van der Waals surface area contributed by atoms with Crippen molar-refractivity contribution in [2.75, 3.05) is 13.2 Å². The molecule has 92 valence electrons. The maximum Gasteiger partial charge on any atom is 0.282 e. The third-order valence-electron chi connectivity index (χ3n) is 2.36. The van der Waals surface area contributed by atoms with Crippen LogP contribution >= 0.6 is 11.3 Å². The highest BCUT2D eigenvalue weighted by molar-refractivity contribution is 7.12. The van der Waals surface area contributed by atoms with Crippen molar-refractivity contribution in [2.45, 2.75) is 32.2 Å². The zero-order valence-electron chi connectivity index (χ0n) is 9.46. The van der Waals surface area contributed by atoms with E-state index in [9.17, 15) is 8.78 Å². The van der Waals surface area contributed by atoms with Crippen LogP contribution in [0.5, 0.6) is 0 Å². The standard InChI is InChI=1S/C11H17F2NOS/c1-3-9-4-5-10(16-9)8(2)14-6-11(12,13)7-15/h4-5,8,14-15H,3,6-7H2,1-2H3. The van der Waals surface area contributed by atoms with Crippen molar-refractivity contribution < 1.29 is 13.9 Å². The molecule has 2 N–H and O–H groups in total. The van der Waals surface area contributed by atoms with Gasteiger partial charge in [0.15, 0.2) is 0 Å². The minimum Gasteiger partial charge on any atom is -0.390 e. The maximum atomic E-state index is 12.8. The number of hydrogen-bond donors (Lipinski definition) is 2. The topological polar surface area (TPSA) is 32.3 Å². The van der Waals surface area contributed by atoms with Gasteiger partial charge in [0.05, 0.1) is 6.54 Å². The maximum absolute atomic E-state index is 12.8. The Morgan fingerprint density at radius 1 is 1.50 bits per heavy atom. The van der Waals surface area contributed by atoms with Crippen molar-refractivity contribution >= 4 is 11.3 Å². The lowest BCUT2D eigenvalue weighted by molar-refractivity contribution is -0.0490. The molecular weight excluding hydrogens is 232 g/mol. The smallest absolute Gasteiger partial charge is 0.282 e. The quantitative estimate of drug-likeness (QED) is 0.812.